The second kappa shape index (κ2) is 5.92. The quantitative estimate of drug-likeness (QED) is 0.898. The van der Waals surface area contributed by atoms with Gasteiger partial charge in [0.2, 0.25) is 0 Å². The van der Waals surface area contributed by atoms with Crippen LogP contribution in [-0.2, 0) is 4.74 Å². The number of carbonyl (C=O) groups is 1. The SMILES string of the molecule is CC(C)(C)OC(=O)NC1CC(N[C@H]2C[C@@H]2c2ccccc2)C1. The zero-order valence-corrected chi connectivity index (χ0v) is 13.6. The fraction of sp³-hybridized carbons (Fsp3) is 0.611. The van der Waals surface area contributed by atoms with Crippen molar-refractivity contribution in [2.75, 3.05) is 0 Å². The van der Waals surface area contributed by atoms with Crippen molar-refractivity contribution in [3.63, 3.8) is 0 Å². The highest BCUT2D eigenvalue weighted by Gasteiger charge is 2.42. The van der Waals surface area contributed by atoms with E-state index in [0.717, 1.165) is 12.8 Å². The van der Waals surface area contributed by atoms with Gasteiger partial charge in [0.15, 0.2) is 0 Å². The summed E-state index contributed by atoms with van der Waals surface area (Å²) in [6.07, 6.45) is 2.92. The predicted molar refractivity (Wildman–Crippen MR) is 86.9 cm³/mol. The van der Waals surface area contributed by atoms with Crippen LogP contribution in [-0.4, -0.2) is 29.8 Å². The van der Waals surface area contributed by atoms with Crippen molar-refractivity contribution >= 4 is 6.09 Å². The summed E-state index contributed by atoms with van der Waals surface area (Å²) in [5.41, 5.74) is 1.00. The van der Waals surface area contributed by atoms with Crippen LogP contribution in [0, 0.1) is 0 Å². The van der Waals surface area contributed by atoms with E-state index < -0.39 is 5.60 Å². The lowest BCUT2D eigenvalue weighted by atomic mass is 9.86. The summed E-state index contributed by atoms with van der Waals surface area (Å²) in [5.74, 6) is 0.666. The van der Waals surface area contributed by atoms with Gasteiger partial charge >= 0.3 is 6.09 Å². The van der Waals surface area contributed by atoms with E-state index in [-0.39, 0.29) is 12.1 Å². The summed E-state index contributed by atoms with van der Waals surface area (Å²) >= 11 is 0. The monoisotopic (exact) mass is 302 g/mol. The van der Waals surface area contributed by atoms with Gasteiger partial charge in [-0.25, -0.2) is 4.79 Å². The van der Waals surface area contributed by atoms with Crippen molar-refractivity contribution in [1.29, 1.82) is 0 Å². The third kappa shape index (κ3) is 4.01. The van der Waals surface area contributed by atoms with Crippen LogP contribution >= 0.6 is 0 Å². The highest BCUT2D eigenvalue weighted by Crippen LogP contribution is 2.42. The number of hydrogen-bond donors (Lipinski definition) is 2. The van der Waals surface area contributed by atoms with E-state index in [1.165, 1.54) is 12.0 Å². The van der Waals surface area contributed by atoms with Gasteiger partial charge in [-0.2, -0.15) is 0 Å². The minimum Gasteiger partial charge on any atom is -0.444 e. The van der Waals surface area contributed by atoms with Crippen molar-refractivity contribution in [2.24, 2.45) is 0 Å². The molecule has 0 spiro atoms. The predicted octanol–water partition coefficient (Wildman–Crippen LogP) is 3.19. The summed E-state index contributed by atoms with van der Waals surface area (Å²) in [7, 11) is 0. The summed E-state index contributed by atoms with van der Waals surface area (Å²) in [6.45, 7) is 5.65. The van der Waals surface area contributed by atoms with Gasteiger partial charge in [0.1, 0.15) is 5.60 Å². The highest BCUT2D eigenvalue weighted by molar-refractivity contribution is 5.68. The lowest BCUT2D eigenvalue weighted by Crippen LogP contribution is -2.53. The van der Waals surface area contributed by atoms with Gasteiger partial charge in [-0.1, -0.05) is 30.3 Å². The third-order valence-electron chi connectivity index (χ3n) is 4.33. The van der Waals surface area contributed by atoms with Crippen LogP contribution in [0.25, 0.3) is 0 Å². The maximum absolute atomic E-state index is 11.7. The normalized spacial score (nSPS) is 30.3. The molecule has 0 unspecified atom stereocenters. The molecule has 120 valence electrons. The number of amides is 1. The molecule has 2 saturated carbocycles. The number of nitrogens with one attached hydrogen (secondary N) is 2. The van der Waals surface area contributed by atoms with Crippen LogP contribution in [0.5, 0.6) is 0 Å². The Morgan fingerprint density at radius 3 is 2.41 bits per heavy atom. The molecule has 0 aromatic heterocycles. The lowest BCUT2D eigenvalue weighted by Gasteiger charge is -2.37. The Morgan fingerprint density at radius 1 is 1.09 bits per heavy atom. The van der Waals surface area contributed by atoms with Gasteiger partial charge in [0.25, 0.3) is 0 Å². The standard InChI is InChI=1S/C18H26N2O2/c1-18(2,3)22-17(21)20-14-9-13(10-14)19-16-11-15(16)12-7-5-4-6-8-12/h4-8,13-16,19H,9-11H2,1-3H3,(H,20,21)/t13?,14?,15-,16+/m1/s1. The molecule has 0 bridgehead atoms. The molecule has 3 rings (SSSR count). The maximum atomic E-state index is 11.7. The van der Waals surface area contributed by atoms with Gasteiger partial charge < -0.3 is 15.4 Å². The molecule has 1 amide bonds. The molecule has 2 fully saturated rings. The molecule has 1 aromatic carbocycles. The smallest absolute Gasteiger partial charge is 0.407 e. The first-order valence-corrected chi connectivity index (χ1v) is 8.21. The summed E-state index contributed by atoms with van der Waals surface area (Å²) in [5, 5.41) is 6.64. The van der Waals surface area contributed by atoms with Crippen molar-refractivity contribution < 1.29 is 9.53 Å². The first-order valence-electron chi connectivity index (χ1n) is 8.21. The van der Waals surface area contributed by atoms with Crippen LogP contribution in [0.4, 0.5) is 4.79 Å². The van der Waals surface area contributed by atoms with Crippen LogP contribution in [0.3, 0.4) is 0 Å². The van der Waals surface area contributed by atoms with Gasteiger partial charge in [0.05, 0.1) is 0 Å². The second-order valence-corrected chi connectivity index (χ2v) is 7.54. The number of alkyl carbamates (subject to hydrolysis) is 1. The third-order valence-corrected chi connectivity index (χ3v) is 4.33. The first kappa shape index (κ1) is 15.3. The molecule has 0 aliphatic heterocycles. The van der Waals surface area contributed by atoms with Crippen molar-refractivity contribution in [3.05, 3.63) is 35.9 Å². The Hall–Kier alpha value is -1.55. The topological polar surface area (TPSA) is 50.4 Å². The average Bonchev–Trinajstić information content (AvgIpc) is 3.14. The summed E-state index contributed by atoms with van der Waals surface area (Å²) in [4.78, 5) is 11.7. The largest absolute Gasteiger partial charge is 0.444 e. The Kier molecular flexibility index (Phi) is 4.13. The second-order valence-electron chi connectivity index (χ2n) is 7.54. The van der Waals surface area contributed by atoms with Gasteiger partial charge in [-0.3, -0.25) is 0 Å². The molecule has 2 aliphatic rings. The Bertz CT molecular complexity index is 518. The molecule has 0 saturated heterocycles. The van der Waals surface area contributed by atoms with E-state index in [1.807, 2.05) is 20.8 Å². The van der Waals surface area contributed by atoms with Crippen LogP contribution in [0.2, 0.25) is 0 Å². The molecule has 2 N–H and O–H groups in total. The molecule has 0 radical (unpaired) electrons. The molecule has 4 nitrogen and oxygen atoms in total. The van der Waals surface area contributed by atoms with E-state index >= 15 is 0 Å². The number of benzene rings is 1. The fourth-order valence-corrected chi connectivity index (χ4v) is 3.10. The van der Waals surface area contributed by atoms with Gasteiger partial charge in [0, 0.05) is 24.0 Å². The molecule has 2 atom stereocenters. The Morgan fingerprint density at radius 2 is 1.77 bits per heavy atom. The van der Waals surface area contributed by atoms with Crippen molar-refractivity contribution in [3.8, 4) is 0 Å². The van der Waals surface area contributed by atoms with Crippen molar-refractivity contribution in [1.82, 2.24) is 10.6 Å². The Balaban J connectivity index is 1.34. The summed E-state index contributed by atoms with van der Waals surface area (Å²) in [6, 6.07) is 12.1. The molecule has 2 aliphatic carbocycles. The van der Waals surface area contributed by atoms with E-state index in [2.05, 4.69) is 41.0 Å². The molecular weight excluding hydrogens is 276 g/mol. The van der Waals surface area contributed by atoms with Crippen molar-refractivity contribution in [2.45, 2.75) is 69.7 Å². The minimum atomic E-state index is -0.428. The lowest BCUT2D eigenvalue weighted by molar-refractivity contribution is 0.0465. The van der Waals surface area contributed by atoms with Gasteiger partial charge in [-0.05, 0) is 45.6 Å². The summed E-state index contributed by atoms with van der Waals surface area (Å²) < 4.78 is 5.28. The van der Waals surface area contributed by atoms with Crippen LogP contribution in [0.15, 0.2) is 30.3 Å². The fourth-order valence-electron chi connectivity index (χ4n) is 3.10. The number of ether oxygens (including phenoxy) is 1. The van der Waals surface area contributed by atoms with E-state index in [9.17, 15) is 4.79 Å². The van der Waals surface area contributed by atoms with Crippen LogP contribution in [0.1, 0.15) is 51.5 Å². The number of hydrogen-bond acceptors (Lipinski definition) is 3. The minimum absolute atomic E-state index is 0.251. The first-order chi connectivity index (χ1) is 10.4. The number of rotatable bonds is 4. The molecule has 0 heterocycles. The maximum Gasteiger partial charge on any atom is 0.407 e. The van der Waals surface area contributed by atoms with Crippen LogP contribution < -0.4 is 10.6 Å². The molecule has 1 aromatic rings. The molecule has 4 heteroatoms. The van der Waals surface area contributed by atoms with Gasteiger partial charge in [-0.15, -0.1) is 0 Å². The van der Waals surface area contributed by atoms with E-state index in [0.29, 0.717) is 18.0 Å². The molecule has 22 heavy (non-hydrogen) atoms. The number of carbonyl (C=O) groups excluding carboxylic acids is 1. The average molecular weight is 302 g/mol. The zero-order valence-electron chi connectivity index (χ0n) is 13.6. The Labute approximate surface area is 132 Å². The zero-order chi connectivity index (χ0) is 15.7. The highest BCUT2D eigenvalue weighted by atomic mass is 16.6. The van der Waals surface area contributed by atoms with E-state index in [4.69, 9.17) is 4.74 Å². The van der Waals surface area contributed by atoms with E-state index in [1.54, 1.807) is 0 Å². The molecular formula is C18H26N2O2.